The first-order chi connectivity index (χ1) is 16.5. The van der Waals surface area contributed by atoms with Crippen LogP contribution >= 0.6 is 0 Å². The molecular weight excluding hydrogens is 448 g/mol. The van der Waals surface area contributed by atoms with Gasteiger partial charge in [0.05, 0.1) is 11.4 Å². The smallest absolute Gasteiger partial charge is 0.286 e. The number of amidine groups is 1. The van der Waals surface area contributed by atoms with Gasteiger partial charge in [0.25, 0.3) is 10.0 Å². The second kappa shape index (κ2) is 9.07. The summed E-state index contributed by atoms with van der Waals surface area (Å²) in [6.45, 7) is 0. The van der Waals surface area contributed by atoms with Gasteiger partial charge in [-0.25, -0.2) is 0 Å². The normalized spacial score (nSPS) is 14.2. The van der Waals surface area contributed by atoms with E-state index < -0.39 is 10.0 Å². The van der Waals surface area contributed by atoms with Gasteiger partial charge >= 0.3 is 0 Å². The molecule has 1 aromatic heterocycles. The zero-order valence-corrected chi connectivity index (χ0v) is 19.0. The van der Waals surface area contributed by atoms with E-state index in [1.165, 1.54) is 6.07 Å². The van der Waals surface area contributed by atoms with Crippen molar-refractivity contribution in [3.63, 3.8) is 0 Å². The van der Waals surface area contributed by atoms with Gasteiger partial charge < -0.3 is 5.32 Å². The third kappa shape index (κ3) is 4.40. The molecule has 0 saturated carbocycles. The summed E-state index contributed by atoms with van der Waals surface area (Å²) in [6.07, 6.45) is 2.27. The van der Waals surface area contributed by atoms with Crippen molar-refractivity contribution in [2.75, 3.05) is 5.32 Å². The molecule has 0 amide bonds. The first-order valence-corrected chi connectivity index (χ1v) is 12.3. The molecule has 2 heterocycles. The fraction of sp³-hybridized carbons (Fsp3) is 0.115. The molecule has 0 fully saturated rings. The number of H-pyrrole nitrogens is 1. The van der Waals surface area contributed by atoms with Gasteiger partial charge in [-0.05, 0) is 35.7 Å². The van der Waals surface area contributed by atoms with Gasteiger partial charge in [-0.3, -0.25) is 9.89 Å². The van der Waals surface area contributed by atoms with Crippen LogP contribution in [-0.2, 0) is 14.8 Å². The Morgan fingerprint density at radius 1 is 0.882 bits per heavy atom. The lowest BCUT2D eigenvalue weighted by atomic mass is 9.87. The third-order valence-electron chi connectivity index (χ3n) is 5.86. The second-order valence-electron chi connectivity index (χ2n) is 8.06. The highest BCUT2D eigenvalue weighted by molar-refractivity contribution is 7.90. The first-order valence-electron chi connectivity index (χ1n) is 10.9. The summed E-state index contributed by atoms with van der Waals surface area (Å²) in [7, 11) is -4.02. The fourth-order valence-corrected chi connectivity index (χ4v) is 5.31. The van der Waals surface area contributed by atoms with Crippen LogP contribution in [0.3, 0.4) is 0 Å². The molecule has 4 aromatic rings. The highest BCUT2D eigenvalue weighted by Crippen LogP contribution is 2.33. The van der Waals surface area contributed by atoms with Gasteiger partial charge in [0.1, 0.15) is 4.90 Å². The van der Waals surface area contributed by atoms with E-state index in [1.807, 2.05) is 60.7 Å². The summed E-state index contributed by atoms with van der Waals surface area (Å²) in [5, 5.41) is 9.64. The Balaban J connectivity index is 1.37. The van der Waals surface area contributed by atoms with E-state index in [0.717, 1.165) is 11.1 Å². The number of fused-ring (bicyclic) bond motifs is 1. The van der Waals surface area contributed by atoms with Gasteiger partial charge in [-0.15, -0.1) is 4.40 Å². The van der Waals surface area contributed by atoms with Crippen molar-refractivity contribution in [2.45, 2.75) is 23.7 Å². The summed E-state index contributed by atoms with van der Waals surface area (Å²) >= 11 is 0. The van der Waals surface area contributed by atoms with E-state index in [4.69, 9.17) is 0 Å². The number of nitrogens with zero attached hydrogens (tertiary/aromatic N) is 2. The van der Waals surface area contributed by atoms with Crippen LogP contribution in [0.15, 0.2) is 100 Å². The van der Waals surface area contributed by atoms with Crippen LogP contribution in [-0.4, -0.2) is 30.2 Å². The van der Waals surface area contributed by atoms with Crippen LogP contribution in [0.2, 0.25) is 0 Å². The Morgan fingerprint density at radius 2 is 1.56 bits per heavy atom. The van der Waals surface area contributed by atoms with E-state index in [0.29, 0.717) is 23.4 Å². The lowest BCUT2D eigenvalue weighted by Gasteiger charge is -2.20. The Bertz CT molecular complexity index is 1410. The minimum atomic E-state index is -4.02. The van der Waals surface area contributed by atoms with Crippen LogP contribution in [0.5, 0.6) is 0 Å². The summed E-state index contributed by atoms with van der Waals surface area (Å²) in [4.78, 5) is 13.1. The minimum absolute atomic E-state index is 0.0106. The van der Waals surface area contributed by atoms with E-state index in [1.54, 1.807) is 24.4 Å². The summed E-state index contributed by atoms with van der Waals surface area (Å²) in [5.74, 6) is -0.484. The number of nitrogens with one attached hydrogen (secondary N) is 2. The molecule has 34 heavy (non-hydrogen) atoms. The number of Topliss-reactive ketones (excluding diaryl/α,β-unsaturated/α-hetero) is 1. The van der Waals surface area contributed by atoms with Gasteiger partial charge in [0.2, 0.25) is 0 Å². The lowest BCUT2D eigenvalue weighted by molar-refractivity contribution is -0.113. The van der Waals surface area contributed by atoms with Gasteiger partial charge in [0.15, 0.2) is 11.6 Å². The molecule has 0 aliphatic carbocycles. The molecule has 8 heteroatoms. The van der Waals surface area contributed by atoms with E-state index in [-0.39, 0.29) is 28.9 Å². The standard InChI is InChI=1S/C26H22N4O3S/c31-24(14-12-21(18-7-3-1-4-8-18)19-9-5-2-6-10-19)26-28-23-13-11-20(22-15-16-27-29-22)17-25(23)34(32,33)30-26/h1-11,13,15-17,21H,12,14H2,(H,27,29)(H,28,30). The predicted molar refractivity (Wildman–Crippen MR) is 131 cm³/mol. The second-order valence-corrected chi connectivity index (χ2v) is 9.63. The quantitative estimate of drug-likeness (QED) is 0.405. The molecule has 170 valence electrons. The molecule has 0 unspecified atom stereocenters. The van der Waals surface area contributed by atoms with Crippen LogP contribution in [0.1, 0.15) is 29.9 Å². The Kier molecular flexibility index (Phi) is 5.81. The number of carbonyl (C=O) groups is 1. The number of rotatable bonds is 7. The predicted octanol–water partition coefficient (Wildman–Crippen LogP) is 4.77. The van der Waals surface area contributed by atoms with Crippen molar-refractivity contribution in [2.24, 2.45) is 4.40 Å². The number of sulfonamides is 1. The number of benzene rings is 3. The molecule has 1 aliphatic heterocycles. The highest BCUT2D eigenvalue weighted by Gasteiger charge is 2.29. The molecule has 2 N–H and O–H groups in total. The van der Waals surface area contributed by atoms with E-state index >= 15 is 0 Å². The summed E-state index contributed by atoms with van der Waals surface area (Å²) in [6, 6.07) is 26.6. The third-order valence-corrected chi connectivity index (χ3v) is 7.18. The number of aromatic nitrogens is 2. The molecule has 5 rings (SSSR count). The highest BCUT2D eigenvalue weighted by atomic mass is 32.2. The Hall–Kier alpha value is -4.04. The molecule has 0 radical (unpaired) electrons. The van der Waals surface area contributed by atoms with Crippen molar-refractivity contribution >= 4 is 27.3 Å². The molecule has 0 spiro atoms. The fourth-order valence-electron chi connectivity index (χ4n) is 4.15. The Morgan fingerprint density at radius 3 is 2.18 bits per heavy atom. The first kappa shape index (κ1) is 21.8. The number of anilines is 1. The number of aromatic amines is 1. The van der Waals surface area contributed by atoms with Crippen LogP contribution in [0.4, 0.5) is 5.69 Å². The molecule has 0 bridgehead atoms. The van der Waals surface area contributed by atoms with Crippen LogP contribution in [0.25, 0.3) is 11.3 Å². The van der Waals surface area contributed by atoms with Gasteiger partial charge in [-0.2, -0.15) is 13.5 Å². The average molecular weight is 471 g/mol. The molecule has 1 aliphatic rings. The average Bonchev–Trinajstić information content (AvgIpc) is 3.40. The maximum absolute atomic E-state index is 13.0. The number of hydrogen-bond donors (Lipinski definition) is 2. The Labute approximate surface area is 197 Å². The zero-order valence-electron chi connectivity index (χ0n) is 18.2. The number of ketones is 1. The van der Waals surface area contributed by atoms with Gasteiger partial charge in [0, 0.05) is 24.1 Å². The summed E-state index contributed by atoms with van der Waals surface area (Å²) in [5.41, 5.74) is 3.90. The van der Waals surface area contributed by atoms with Crippen molar-refractivity contribution < 1.29 is 13.2 Å². The van der Waals surface area contributed by atoms with Crippen molar-refractivity contribution in [3.05, 3.63) is 102 Å². The van der Waals surface area contributed by atoms with Crippen molar-refractivity contribution in [1.82, 2.24) is 10.2 Å². The van der Waals surface area contributed by atoms with Crippen molar-refractivity contribution in [3.8, 4) is 11.3 Å². The monoisotopic (exact) mass is 470 g/mol. The van der Waals surface area contributed by atoms with Gasteiger partial charge in [-0.1, -0.05) is 66.7 Å². The lowest BCUT2D eigenvalue weighted by Crippen LogP contribution is -2.29. The van der Waals surface area contributed by atoms with Crippen LogP contribution < -0.4 is 5.32 Å². The summed E-state index contributed by atoms with van der Waals surface area (Å²) < 4.78 is 29.6. The number of carbonyl (C=O) groups excluding carboxylic acids is 1. The maximum Gasteiger partial charge on any atom is 0.286 e. The van der Waals surface area contributed by atoms with E-state index in [2.05, 4.69) is 19.9 Å². The molecular formula is C26H22N4O3S. The van der Waals surface area contributed by atoms with Crippen molar-refractivity contribution in [1.29, 1.82) is 0 Å². The molecule has 0 saturated heterocycles. The SMILES string of the molecule is O=C(CCC(c1ccccc1)c1ccccc1)C1=NS(=O)(=O)c2cc(-c3ccn[nH]3)ccc2N1. The molecule has 3 aromatic carbocycles. The largest absolute Gasteiger partial charge is 0.335 e. The minimum Gasteiger partial charge on any atom is -0.335 e. The molecule has 0 atom stereocenters. The van der Waals surface area contributed by atoms with Crippen LogP contribution in [0, 0.1) is 0 Å². The number of hydrogen-bond acceptors (Lipinski definition) is 5. The van der Waals surface area contributed by atoms with E-state index in [9.17, 15) is 13.2 Å². The topological polar surface area (TPSA) is 104 Å². The molecule has 7 nitrogen and oxygen atoms in total. The maximum atomic E-state index is 13.0. The zero-order chi connectivity index (χ0) is 23.5.